The molecule has 23 heavy (non-hydrogen) atoms. The lowest BCUT2D eigenvalue weighted by atomic mass is 9.97. The summed E-state index contributed by atoms with van der Waals surface area (Å²) in [5.74, 6) is -0.396. The van der Waals surface area contributed by atoms with Crippen LogP contribution in [0.3, 0.4) is 0 Å². The molecular formula is C18H23NO4. The van der Waals surface area contributed by atoms with Gasteiger partial charge in [-0.05, 0) is 36.1 Å². The highest BCUT2D eigenvalue weighted by Crippen LogP contribution is 2.29. The van der Waals surface area contributed by atoms with E-state index < -0.39 is 12.0 Å². The number of amides is 1. The predicted octanol–water partition coefficient (Wildman–Crippen LogP) is 2.83. The third-order valence-electron chi connectivity index (χ3n) is 4.81. The Hall–Kier alpha value is -2.04. The van der Waals surface area contributed by atoms with Gasteiger partial charge in [0.15, 0.2) is 6.04 Å². The number of hydrogen-bond acceptors (Lipinski definition) is 3. The first-order valence-corrected chi connectivity index (χ1v) is 8.44. The first kappa shape index (κ1) is 15.8. The second-order valence-corrected chi connectivity index (χ2v) is 6.43. The summed E-state index contributed by atoms with van der Waals surface area (Å²) in [6.45, 7) is 0.630. The highest BCUT2D eigenvalue weighted by Gasteiger charge is 2.28. The zero-order valence-electron chi connectivity index (χ0n) is 13.2. The van der Waals surface area contributed by atoms with Crippen molar-refractivity contribution in [1.29, 1.82) is 0 Å². The summed E-state index contributed by atoms with van der Waals surface area (Å²) < 4.78 is 5.45. The molecule has 1 atom stereocenters. The van der Waals surface area contributed by atoms with E-state index in [1.54, 1.807) is 12.1 Å². The Labute approximate surface area is 136 Å². The molecule has 1 amide bonds. The quantitative estimate of drug-likeness (QED) is 0.837. The maximum absolute atomic E-state index is 12.5. The monoisotopic (exact) mass is 317 g/mol. The Morgan fingerprint density at radius 2 is 1.91 bits per heavy atom. The highest BCUT2D eigenvalue weighted by atomic mass is 16.5. The van der Waals surface area contributed by atoms with E-state index in [2.05, 4.69) is 5.32 Å². The Morgan fingerprint density at radius 3 is 2.61 bits per heavy atom. The van der Waals surface area contributed by atoms with E-state index >= 15 is 0 Å². The minimum atomic E-state index is -1.02. The smallest absolute Gasteiger partial charge is 0.330 e. The van der Waals surface area contributed by atoms with E-state index in [9.17, 15) is 14.7 Å². The first-order chi connectivity index (χ1) is 11.1. The van der Waals surface area contributed by atoms with Crippen LogP contribution in [0.1, 0.15) is 55.7 Å². The number of aliphatic carboxylic acids is 1. The molecule has 0 bridgehead atoms. The Morgan fingerprint density at radius 1 is 1.17 bits per heavy atom. The molecule has 0 aromatic heterocycles. The van der Waals surface area contributed by atoms with Gasteiger partial charge in [-0.25, -0.2) is 4.79 Å². The molecular weight excluding hydrogens is 294 g/mol. The summed E-state index contributed by atoms with van der Waals surface area (Å²) in [6.07, 6.45) is 6.92. The lowest BCUT2D eigenvalue weighted by molar-refractivity contribution is -0.142. The second kappa shape index (κ2) is 7.02. The number of carboxylic acids is 1. The number of rotatable bonds is 4. The van der Waals surface area contributed by atoms with Crippen LogP contribution in [0, 0.1) is 5.92 Å². The maximum atomic E-state index is 12.5. The van der Waals surface area contributed by atoms with Crippen LogP contribution in [0.25, 0.3) is 0 Å². The van der Waals surface area contributed by atoms with Crippen molar-refractivity contribution in [2.24, 2.45) is 5.92 Å². The number of carboxylic acid groups (broad SMARTS) is 1. The topological polar surface area (TPSA) is 75.6 Å². The molecule has 1 heterocycles. The molecule has 5 heteroatoms. The number of fused-ring (bicyclic) bond motifs is 1. The van der Waals surface area contributed by atoms with Crippen molar-refractivity contribution in [3.05, 3.63) is 29.3 Å². The SMILES string of the molecule is O=C(NC(C(=O)O)c1ccc2c(c1)CCO2)C1CCCCCC1. The van der Waals surface area contributed by atoms with Crippen LogP contribution in [0.15, 0.2) is 18.2 Å². The zero-order chi connectivity index (χ0) is 16.2. The van der Waals surface area contributed by atoms with Gasteiger partial charge in [-0.15, -0.1) is 0 Å². The van der Waals surface area contributed by atoms with Crippen molar-refractivity contribution in [3.63, 3.8) is 0 Å². The van der Waals surface area contributed by atoms with Crippen molar-refractivity contribution >= 4 is 11.9 Å². The zero-order valence-corrected chi connectivity index (χ0v) is 13.2. The van der Waals surface area contributed by atoms with Gasteiger partial charge in [-0.1, -0.05) is 31.7 Å². The molecule has 0 radical (unpaired) electrons. The van der Waals surface area contributed by atoms with Crippen molar-refractivity contribution < 1.29 is 19.4 Å². The fourth-order valence-electron chi connectivity index (χ4n) is 3.48. The molecule has 1 aliphatic carbocycles. The van der Waals surface area contributed by atoms with E-state index in [-0.39, 0.29) is 11.8 Å². The minimum absolute atomic E-state index is 0.0582. The third-order valence-corrected chi connectivity index (χ3v) is 4.81. The Bertz CT molecular complexity index is 591. The third kappa shape index (κ3) is 3.66. The standard InChI is InChI=1S/C18H23NO4/c20-17(12-5-3-1-2-4-6-12)19-16(18(21)22)14-7-8-15-13(11-14)9-10-23-15/h7-8,11-12,16H,1-6,9-10H2,(H,19,20)(H,21,22). The predicted molar refractivity (Wildman–Crippen MR) is 85.4 cm³/mol. The molecule has 1 aromatic carbocycles. The summed E-state index contributed by atoms with van der Waals surface area (Å²) in [4.78, 5) is 24.1. The van der Waals surface area contributed by atoms with Crippen LogP contribution in [0.4, 0.5) is 0 Å². The number of carbonyl (C=O) groups excluding carboxylic acids is 1. The molecule has 1 aliphatic heterocycles. The van der Waals surface area contributed by atoms with Crippen molar-refractivity contribution in [3.8, 4) is 5.75 Å². The van der Waals surface area contributed by atoms with Gasteiger partial charge in [0.05, 0.1) is 6.61 Å². The molecule has 2 aliphatic rings. The maximum Gasteiger partial charge on any atom is 0.330 e. The molecule has 3 rings (SSSR count). The van der Waals surface area contributed by atoms with Gasteiger partial charge >= 0.3 is 5.97 Å². The normalized spacial score (nSPS) is 19.3. The van der Waals surface area contributed by atoms with E-state index in [0.717, 1.165) is 56.3 Å². The van der Waals surface area contributed by atoms with Crippen LogP contribution < -0.4 is 10.1 Å². The van der Waals surface area contributed by atoms with Crippen molar-refractivity contribution in [1.82, 2.24) is 5.32 Å². The minimum Gasteiger partial charge on any atom is -0.493 e. The largest absolute Gasteiger partial charge is 0.493 e. The molecule has 0 saturated heterocycles. The fourth-order valence-corrected chi connectivity index (χ4v) is 3.48. The number of ether oxygens (including phenoxy) is 1. The number of benzene rings is 1. The average molecular weight is 317 g/mol. The van der Waals surface area contributed by atoms with Gasteiger partial charge in [-0.2, -0.15) is 0 Å². The average Bonchev–Trinajstić information content (AvgIpc) is 2.83. The van der Waals surface area contributed by atoms with Crippen molar-refractivity contribution in [2.45, 2.75) is 51.0 Å². The van der Waals surface area contributed by atoms with E-state index in [1.807, 2.05) is 6.07 Å². The number of carbonyl (C=O) groups is 2. The van der Waals surface area contributed by atoms with Crippen LogP contribution in [0.5, 0.6) is 5.75 Å². The second-order valence-electron chi connectivity index (χ2n) is 6.43. The van der Waals surface area contributed by atoms with Gasteiger partial charge in [0.25, 0.3) is 0 Å². The Kier molecular flexibility index (Phi) is 4.84. The fraction of sp³-hybridized carbons (Fsp3) is 0.556. The summed E-state index contributed by atoms with van der Waals surface area (Å²) in [6, 6.07) is 4.38. The molecule has 1 unspecified atom stereocenters. The lowest BCUT2D eigenvalue weighted by Gasteiger charge is -2.20. The van der Waals surface area contributed by atoms with Crippen LogP contribution in [-0.4, -0.2) is 23.6 Å². The highest BCUT2D eigenvalue weighted by molar-refractivity contribution is 5.86. The molecule has 1 fully saturated rings. The van der Waals surface area contributed by atoms with E-state index in [1.165, 1.54) is 0 Å². The number of nitrogens with one attached hydrogen (secondary N) is 1. The molecule has 1 saturated carbocycles. The van der Waals surface area contributed by atoms with E-state index in [0.29, 0.717) is 12.2 Å². The van der Waals surface area contributed by atoms with Gasteiger partial charge in [0.1, 0.15) is 5.75 Å². The Balaban J connectivity index is 1.73. The van der Waals surface area contributed by atoms with Gasteiger partial charge < -0.3 is 15.2 Å². The summed E-state index contributed by atoms with van der Waals surface area (Å²) in [7, 11) is 0. The molecule has 2 N–H and O–H groups in total. The van der Waals surface area contributed by atoms with E-state index in [4.69, 9.17) is 4.74 Å². The van der Waals surface area contributed by atoms with Crippen molar-refractivity contribution in [2.75, 3.05) is 6.61 Å². The molecule has 1 aromatic rings. The van der Waals surface area contributed by atoms with Gasteiger partial charge in [0.2, 0.25) is 5.91 Å². The molecule has 124 valence electrons. The van der Waals surface area contributed by atoms with Crippen LogP contribution in [-0.2, 0) is 16.0 Å². The summed E-state index contributed by atoms with van der Waals surface area (Å²) >= 11 is 0. The molecule has 0 spiro atoms. The lowest BCUT2D eigenvalue weighted by Crippen LogP contribution is -2.37. The summed E-state index contributed by atoms with van der Waals surface area (Å²) in [5, 5.41) is 12.3. The first-order valence-electron chi connectivity index (χ1n) is 8.44. The van der Waals surface area contributed by atoms with Crippen LogP contribution in [0.2, 0.25) is 0 Å². The van der Waals surface area contributed by atoms with Gasteiger partial charge in [0, 0.05) is 12.3 Å². The van der Waals surface area contributed by atoms with Gasteiger partial charge in [-0.3, -0.25) is 4.79 Å². The van der Waals surface area contributed by atoms with Crippen LogP contribution >= 0.6 is 0 Å². The molecule has 5 nitrogen and oxygen atoms in total. The number of hydrogen-bond donors (Lipinski definition) is 2. The summed E-state index contributed by atoms with van der Waals surface area (Å²) in [5.41, 5.74) is 1.63.